The highest BCUT2D eigenvalue weighted by Crippen LogP contribution is 2.19. The van der Waals surface area contributed by atoms with Crippen LogP contribution in [0.3, 0.4) is 0 Å². The molecule has 2 aliphatic rings. The van der Waals surface area contributed by atoms with Crippen molar-refractivity contribution in [3.8, 4) is 0 Å². The molecule has 30 heavy (non-hydrogen) atoms. The number of nitrogens with one attached hydrogen (secondary N) is 1. The molecule has 8 nitrogen and oxygen atoms in total. The molecule has 1 aromatic rings. The van der Waals surface area contributed by atoms with E-state index in [9.17, 15) is 0 Å². The minimum Gasteiger partial charge on any atom is -0.356 e. The van der Waals surface area contributed by atoms with Gasteiger partial charge >= 0.3 is 0 Å². The van der Waals surface area contributed by atoms with Crippen LogP contribution in [0.25, 0.3) is 0 Å². The van der Waals surface area contributed by atoms with E-state index in [4.69, 9.17) is 0 Å². The fourth-order valence-corrected chi connectivity index (χ4v) is 4.75. The van der Waals surface area contributed by atoms with Gasteiger partial charge in [0, 0.05) is 83.9 Å². The van der Waals surface area contributed by atoms with E-state index in [-0.39, 0.29) is 24.0 Å². The van der Waals surface area contributed by atoms with Gasteiger partial charge in [0.2, 0.25) is 5.13 Å². The predicted molar refractivity (Wildman–Crippen MR) is 138 cm³/mol. The molecule has 0 amide bonds. The molecule has 3 rings (SSSR count). The maximum atomic E-state index is 4.62. The Hall–Kier alpha value is -0.720. The third-order valence-electron chi connectivity index (χ3n) is 5.93. The zero-order chi connectivity index (χ0) is 20.5. The lowest BCUT2D eigenvalue weighted by atomic mass is 10.2. The second-order valence-electron chi connectivity index (χ2n) is 7.78. The third kappa shape index (κ3) is 7.45. The number of piperazine rings is 2. The van der Waals surface area contributed by atoms with E-state index in [1.54, 1.807) is 0 Å². The van der Waals surface area contributed by atoms with E-state index in [0.717, 1.165) is 56.1 Å². The lowest BCUT2D eigenvalue weighted by molar-refractivity contribution is 0.136. The van der Waals surface area contributed by atoms with Crippen molar-refractivity contribution in [1.29, 1.82) is 0 Å². The first-order chi connectivity index (χ1) is 14.2. The molecule has 1 aromatic heterocycles. The van der Waals surface area contributed by atoms with E-state index in [1.807, 2.05) is 7.05 Å². The SMILES string of the molecule is CCc1nsc(N2CCN(C(=NC)NCCCCN3CCN(CC)CC3)CC2)n1.I. The third-order valence-corrected chi connectivity index (χ3v) is 6.75. The van der Waals surface area contributed by atoms with Crippen LogP contribution >= 0.6 is 35.5 Å². The number of hydrogen-bond donors (Lipinski definition) is 1. The number of likely N-dealkylation sites (N-methyl/N-ethyl adjacent to an activating group) is 1. The Labute approximate surface area is 203 Å². The molecule has 172 valence electrons. The van der Waals surface area contributed by atoms with Crippen LogP contribution in [0.4, 0.5) is 5.13 Å². The summed E-state index contributed by atoms with van der Waals surface area (Å²) in [6.45, 7) is 16.6. The molecular weight excluding hydrogens is 511 g/mol. The van der Waals surface area contributed by atoms with Crippen molar-refractivity contribution in [2.24, 2.45) is 4.99 Å². The van der Waals surface area contributed by atoms with Crippen LogP contribution in [-0.2, 0) is 6.42 Å². The average Bonchev–Trinajstić information content (AvgIpc) is 3.26. The van der Waals surface area contributed by atoms with Crippen molar-refractivity contribution in [3.63, 3.8) is 0 Å². The van der Waals surface area contributed by atoms with Gasteiger partial charge in [0.15, 0.2) is 5.96 Å². The number of aliphatic imine (C=N–C) groups is 1. The standard InChI is InChI=1S/C20H38N8S.HI/c1-4-18-23-20(29-24-18)28-16-14-27(15-17-28)19(21-3)22-8-6-7-9-26-12-10-25(5-2)11-13-26;/h4-17H2,1-3H3,(H,21,22);1H. The number of nitrogens with zero attached hydrogens (tertiary/aromatic N) is 7. The Kier molecular flexibility index (Phi) is 11.6. The summed E-state index contributed by atoms with van der Waals surface area (Å²) in [5, 5.41) is 4.63. The number of rotatable bonds is 8. The maximum absolute atomic E-state index is 4.62. The minimum absolute atomic E-state index is 0. The van der Waals surface area contributed by atoms with Gasteiger partial charge in [-0.2, -0.15) is 4.37 Å². The van der Waals surface area contributed by atoms with Crippen molar-refractivity contribution in [2.45, 2.75) is 33.1 Å². The topological polar surface area (TPSA) is 63.1 Å². The number of aryl methyl sites for hydroxylation is 1. The molecule has 0 bridgehead atoms. The number of anilines is 1. The molecule has 0 spiro atoms. The van der Waals surface area contributed by atoms with Gasteiger partial charge < -0.3 is 24.9 Å². The first-order valence-electron chi connectivity index (χ1n) is 11.2. The number of guanidine groups is 1. The first-order valence-corrected chi connectivity index (χ1v) is 12.0. The minimum atomic E-state index is 0. The lowest BCUT2D eigenvalue weighted by Crippen LogP contribution is -2.52. The van der Waals surface area contributed by atoms with Crippen LogP contribution in [0.15, 0.2) is 4.99 Å². The fourth-order valence-electron chi connectivity index (χ4n) is 3.95. The molecular formula is C20H39IN8S. The fraction of sp³-hybridized carbons (Fsp3) is 0.850. The number of hydrogen-bond acceptors (Lipinski definition) is 7. The van der Waals surface area contributed by atoms with Gasteiger partial charge in [0.05, 0.1) is 0 Å². The monoisotopic (exact) mass is 550 g/mol. The Morgan fingerprint density at radius 3 is 2.30 bits per heavy atom. The van der Waals surface area contributed by atoms with Gasteiger partial charge in [0.1, 0.15) is 5.82 Å². The highest BCUT2D eigenvalue weighted by atomic mass is 127. The van der Waals surface area contributed by atoms with Gasteiger partial charge in [-0.25, -0.2) is 4.98 Å². The van der Waals surface area contributed by atoms with Crippen LogP contribution in [0.2, 0.25) is 0 Å². The molecule has 3 heterocycles. The second kappa shape index (κ2) is 13.6. The van der Waals surface area contributed by atoms with Gasteiger partial charge in [0.25, 0.3) is 0 Å². The van der Waals surface area contributed by atoms with Crippen LogP contribution in [0.5, 0.6) is 0 Å². The van der Waals surface area contributed by atoms with Gasteiger partial charge in [-0.05, 0) is 25.9 Å². The van der Waals surface area contributed by atoms with Gasteiger partial charge in [-0.3, -0.25) is 4.99 Å². The van der Waals surface area contributed by atoms with Crippen molar-refractivity contribution in [1.82, 2.24) is 29.4 Å². The zero-order valence-electron chi connectivity index (χ0n) is 18.8. The summed E-state index contributed by atoms with van der Waals surface area (Å²) < 4.78 is 4.41. The van der Waals surface area contributed by atoms with E-state index < -0.39 is 0 Å². The van der Waals surface area contributed by atoms with Crippen LogP contribution in [0.1, 0.15) is 32.5 Å². The summed E-state index contributed by atoms with van der Waals surface area (Å²) >= 11 is 1.52. The summed E-state index contributed by atoms with van der Waals surface area (Å²) in [6, 6.07) is 0. The largest absolute Gasteiger partial charge is 0.356 e. The van der Waals surface area contributed by atoms with Crippen molar-refractivity contribution in [3.05, 3.63) is 5.82 Å². The summed E-state index contributed by atoms with van der Waals surface area (Å²) in [5.41, 5.74) is 0. The molecule has 0 radical (unpaired) electrons. The van der Waals surface area contributed by atoms with E-state index in [0.29, 0.717) is 0 Å². The van der Waals surface area contributed by atoms with E-state index in [1.165, 1.54) is 63.6 Å². The highest BCUT2D eigenvalue weighted by molar-refractivity contribution is 14.0. The molecule has 0 atom stereocenters. The summed E-state index contributed by atoms with van der Waals surface area (Å²) in [7, 11) is 1.89. The molecule has 2 aliphatic heterocycles. The molecule has 1 N–H and O–H groups in total. The number of unbranched alkanes of at least 4 members (excludes halogenated alkanes) is 1. The van der Waals surface area contributed by atoms with E-state index >= 15 is 0 Å². The Balaban J connectivity index is 0.00000320. The predicted octanol–water partition coefficient (Wildman–Crippen LogP) is 1.83. The van der Waals surface area contributed by atoms with Crippen molar-refractivity contribution >= 4 is 46.6 Å². The van der Waals surface area contributed by atoms with Crippen molar-refractivity contribution < 1.29 is 0 Å². The lowest BCUT2D eigenvalue weighted by Gasteiger charge is -2.36. The van der Waals surface area contributed by atoms with Crippen LogP contribution in [-0.4, -0.2) is 109 Å². The second-order valence-corrected chi connectivity index (χ2v) is 8.51. The number of aromatic nitrogens is 2. The highest BCUT2D eigenvalue weighted by Gasteiger charge is 2.22. The Morgan fingerprint density at radius 1 is 1.00 bits per heavy atom. The van der Waals surface area contributed by atoms with Crippen molar-refractivity contribution in [2.75, 3.05) is 83.9 Å². The molecule has 2 fully saturated rings. The summed E-state index contributed by atoms with van der Waals surface area (Å²) in [4.78, 5) is 19.0. The summed E-state index contributed by atoms with van der Waals surface area (Å²) in [6.07, 6.45) is 3.35. The van der Waals surface area contributed by atoms with Gasteiger partial charge in [-0.15, -0.1) is 24.0 Å². The Morgan fingerprint density at radius 2 is 1.70 bits per heavy atom. The smallest absolute Gasteiger partial charge is 0.205 e. The molecule has 0 aliphatic carbocycles. The van der Waals surface area contributed by atoms with E-state index in [2.05, 4.69) is 53.1 Å². The maximum Gasteiger partial charge on any atom is 0.205 e. The quantitative estimate of drug-likeness (QED) is 0.230. The summed E-state index contributed by atoms with van der Waals surface area (Å²) in [5.74, 6) is 1.99. The first kappa shape index (κ1) is 25.5. The van der Waals surface area contributed by atoms with Crippen LogP contribution in [0, 0.1) is 0 Å². The molecule has 2 saturated heterocycles. The Bertz CT molecular complexity index is 624. The zero-order valence-corrected chi connectivity index (χ0v) is 22.0. The molecule has 0 saturated carbocycles. The molecule has 10 heteroatoms. The van der Waals surface area contributed by atoms with Gasteiger partial charge in [-0.1, -0.05) is 13.8 Å². The normalized spacial score (nSPS) is 19.1. The molecule has 0 aromatic carbocycles. The van der Waals surface area contributed by atoms with Crippen LogP contribution < -0.4 is 10.2 Å². The average molecular weight is 551 g/mol. The number of halogens is 1. The molecule has 0 unspecified atom stereocenters.